The SMILES string of the molecule is CC(c1cccs1)N(C)CC(=O)Nc1cccc(N)c1. The second-order valence-electron chi connectivity index (χ2n) is 4.78. The Bertz CT molecular complexity index is 568. The second kappa shape index (κ2) is 6.54. The van der Waals surface area contributed by atoms with E-state index in [1.807, 2.05) is 35.5 Å². The molecule has 0 radical (unpaired) electrons. The predicted molar refractivity (Wildman–Crippen MR) is 84.8 cm³/mol. The van der Waals surface area contributed by atoms with Gasteiger partial charge in [0, 0.05) is 22.3 Å². The molecular formula is C15H19N3OS. The van der Waals surface area contributed by atoms with Crippen LogP contribution in [0.25, 0.3) is 0 Å². The van der Waals surface area contributed by atoms with Crippen molar-refractivity contribution in [1.82, 2.24) is 4.90 Å². The van der Waals surface area contributed by atoms with Crippen molar-refractivity contribution in [2.75, 3.05) is 24.6 Å². The fourth-order valence-corrected chi connectivity index (χ4v) is 2.77. The first-order valence-electron chi connectivity index (χ1n) is 6.45. The summed E-state index contributed by atoms with van der Waals surface area (Å²) in [4.78, 5) is 15.3. The summed E-state index contributed by atoms with van der Waals surface area (Å²) >= 11 is 1.70. The molecule has 1 aromatic heterocycles. The minimum atomic E-state index is -0.0403. The molecule has 2 aromatic rings. The molecule has 0 saturated carbocycles. The summed E-state index contributed by atoms with van der Waals surface area (Å²) in [5, 5.41) is 4.90. The summed E-state index contributed by atoms with van der Waals surface area (Å²) in [6.45, 7) is 2.44. The highest BCUT2D eigenvalue weighted by Crippen LogP contribution is 2.23. The van der Waals surface area contributed by atoms with E-state index in [4.69, 9.17) is 5.73 Å². The van der Waals surface area contributed by atoms with E-state index in [1.54, 1.807) is 23.5 Å². The highest BCUT2D eigenvalue weighted by molar-refractivity contribution is 7.10. The number of nitrogens with one attached hydrogen (secondary N) is 1. The van der Waals surface area contributed by atoms with Crippen molar-refractivity contribution in [3.05, 3.63) is 46.7 Å². The summed E-state index contributed by atoms with van der Waals surface area (Å²) in [5.41, 5.74) is 7.06. The van der Waals surface area contributed by atoms with Gasteiger partial charge in [-0.1, -0.05) is 12.1 Å². The maximum absolute atomic E-state index is 12.0. The van der Waals surface area contributed by atoms with Gasteiger partial charge in [-0.15, -0.1) is 11.3 Å². The van der Waals surface area contributed by atoms with Gasteiger partial charge in [0.1, 0.15) is 0 Å². The van der Waals surface area contributed by atoms with Gasteiger partial charge in [0.25, 0.3) is 0 Å². The smallest absolute Gasteiger partial charge is 0.238 e. The Morgan fingerprint density at radius 2 is 2.20 bits per heavy atom. The van der Waals surface area contributed by atoms with Crippen LogP contribution in [0.4, 0.5) is 11.4 Å². The Morgan fingerprint density at radius 1 is 1.40 bits per heavy atom. The first-order valence-corrected chi connectivity index (χ1v) is 7.33. The molecule has 1 aromatic carbocycles. The van der Waals surface area contributed by atoms with E-state index < -0.39 is 0 Å². The monoisotopic (exact) mass is 289 g/mol. The molecular weight excluding hydrogens is 270 g/mol. The molecule has 2 rings (SSSR count). The number of nitrogens with zero attached hydrogens (tertiary/aromatic N) is 1. The van der Waals surface area contributed by atoms with Crippen molar-refractivity contribution in [2.45, 2.75) is 13.0 Å². The van der Waals surface area contributed by atoms with Gasteiger partial charge in [0.05, 0.1) is 6.54 Å². The van der Waals surface area contributed by atoms with Crippen LogP contribution in [-0.2, 0) is 4.79 Å². The third kappa shape index (κ3) is 3.82. The highest BCUT2D eigenvalue weighted by atomic mass is 32.1. The normalized spacial score (nSPS) is 12.3. The van der Waals surface area contributed by atoms with E-state index in [9.17, 15) is 4.79 Å². The van der Waals surface area contributed by atoms with Crippen LogP contribution in [0.1, 0.15) is 17.8 Å². The number of carbonyl (C=O) groups excluding carboxylic acids is 1. The van der Waals surface area contributed by atoms with Gasteiger partial charge in [-0.3, -0.25) is 9.69 Å². The van der Waals surface area contributed by atoms with Gasteiger partial charge in [-0.05, 0) is 43.6 Å². The predicted octanol–water partition coefficient (Wildman–Crippen LogP) is 2.96. The van der Waals surface area contributed by atoms with E-state index in [0.29, 0.717) is 12.2 Å². The molecule has 0 fully saturated rings. The van der Waals surface area contributed by atoms with Crippen molar-refractivity contribution in [2.24, 2.45) is 0 Å². The van der Waals surface area contributed by atoms with E-state index >= 15 is 0 Å². The summed E-state index contributed by atoms with van der Waals surface area (Å²) in [6.07, 6.45) is 0. The number of benzene rings is 1. The molecule has 1 atom stereocenters. The van der Waals surface area contributed by atoms with Crippen molar-refractivity contribution in [1.29, 1.82) is 0 Å². The van der Waals surface area contributed by atoms with Crippen LogP contribution in [0.2, 0.25) is 0 Å². The topological polar surface area (TPSA) is 58.4 Å². The zero-order chi connectivity index (χ0) is 14.5. The summed E-state index contributed by atoms with van der Waals surface area (Å²) in [5.74, 6) is -0.0403. The van der Waals surface area contributed by atoms with Gasteiger partial charge < -0.3 is 11.1 Å². The van der Waals surface area contributed by atoms with Crippen LogP contribution in [0, 0.1) is 0 Å². The number of likely N-dealkylation sites (N-methyl/N-ethyl adjacent to an activating group) is 1. The minimum Gasteiger partial charge on any atom is -0.399 e. The summed E-state index contributed by atoms with van der Waals surface area (Å²) in [7, 11) is 1.95. The number of carbonyl (C=O) groups is 1. The van der Waals surface area contributed by atoms with Crippen LogP contribution in [0.3, 0.4) is 0 Å². The lowest BCUT2D eigenvalue weighted by atomic mass is 10.2. The van der Waals surface area contributed by atoms with E-state index in [2.05, 4.69) is 18.3 Å². The average molecular weight is 289 g/mol. The molecule has 0 aliphatic heterocycles. The molecule has 1 unspecified atom stereocenters. The first-order chi connectivity index (χ1) is 9.56. The standard InChI is InChI=1S/C15H19N3OS/c1-11(14-7-4-8-20-14)18(2)10-15(19)17-13-6-3-5-12(16)9-13/h3-9,11H,10,16H2,1-2H3,(H,17,19). The number of anilines is 2. The summed E-state index contributed by atoms with van der Waals surface area (Å²) < 4.78 is 0. The lowest BCUT2D eigenvalue weighted by molar-refractivity contribution is -0.117. The average Bonchev–Trinajstić information content (AvgIpc) is 2.91. The summed E-state index contributed by atoms with van der Waals surface area (Å²) in [6, 6.07) is 11.5. The molecule has 3 N–H and O–H groups in total. The molecule has 0 saturated heterocycles. The fraction of sp³-hybridized carbons (Fsp3) is 0.267. The number of hydrogen-bond acceptors (Lipinski definition) is 4. The third-order valence-electron chi connectivity index (χ3n) is 3.18. The van der Waals surface area contributed by atoms with Crippen LogP contribution in [-0.4, -0.2) is 24.4 Å². The Kier molecular flexibility index (Phi) is 4.76. The zero-order valence-electron chi connectivity index (χ0n) is 11.7. The van der Waals surface area contributed by atoms with E-state index in [-0.39, 0.29) is 11.9 Å². The molecule has 1 amide bonds. The lowest BCUT2D eigenvalue weighted by Gasteiger charge is -2.23. The number of thiophene rings is 1. The van der Waals surface area contributed by atoms with Gasteiger partial charge >= 0.3 is 0 Å². The molecule has 4 nitrogen and oxygen atoms in total. The van der Waals surface area contributed by atoms with Gasteiger partial charge in [0.15, 0.2) is 0 Å². The number of nitrogen functional groups attached to an aromatic ring is 1. The zero-order valence-corrected chi connectivity index (χ0v) is 12.5. The largest absolute Gasteiger partial charge is 0.399 e. The molecule has 5 heteroatoms. The maximum Gasteiger partial charge on any atom is 0.238 e. The van der Waals surface area contributed by atoms with Crippen LogP contribution in [0.15, 0.2) is 41.8 Å². The molecule has 20 heavy (non-hydrogen) atoms. The first kappa shape index (κ1) is 14.6. The minimum absolute atomic E-state index is 0.0403. The molecule has 0 aliphatic rings. The number of hydrogen-bond donors (Lipinski definition) is 2. The molecule has 0 bridgehead atoms. The molecule has 1 heterocycles. The van der Waals surface area contributed by atoms with E-state index in [0.717, 1.165) is 5.69 Å². The van der Waals surface area contributed by atoms with Gasteiger partial charge in [0.2, 0.25) is 5.91 Å². The maximum atomic E-state index is 12.0. The third-order valence-corrected chi connectivity index (χ3v) is 4.22. The lowest BCUT2D eigenvalue weighted by Crippen LogP contribution is -2.31. The van der Waals surface area contributed by atoms with E-state index in [1.165, 1.54) is 4.88 Å². The van der Waals surface area contributed by atoms with Gasteiger partial charge in [-0.25, -0.2) is 0 Å². The Labute approximate surface area is 123 Å². The van der Waals surface area contributed by atoms with Crippen molar-refractivity contribution in [3.8, 4) is 0 Å². The number of rotatable bonds is 5. The Hall–Kier alpha value is -1.85. The fourth-order valence-electron chi connectivity index (χ4n) is 1.93. The van der Waals surface area contributed by atoms with Crippen molar-refractivity contribution >= 4 is 28.6 Å². The molecule has 0 spiro atoms. The molecule has 0 aliphatic carbocycles. The van der Waals surface area contributed by atoms with Crippen LogP contribution >= 0.6 is 11.3 Å². The van der Waals surface area contributed by atoms with Gasteiger partial charge in [-0.2, -0.15) is 0 Å². The second-order valence-corrected chi connectivity index (χ2v) is 5.76. The van der Waals surface area contributed by atoms with Crippen molar-refractivity contribution < 1.29 is 4.79 Å². The quantitative estimate of drug-likeness (QED) is 0.832. The number of nitrogens with two attached hydrogens (primary N) is 1. The van der Waals surface area contributed by atoms with Crippen LogP contribution < -0.4 is 11.1 Å². The molecule has 106 valence electrons. The van der Waals surface area contributed by atoms with Crippen LogP contribution in [0.5, 0.6) is 0 Å². The Morgan fingerprint density at radius 3 is 2.85 bits per heavy atom. The van der Waals surface area contributed by atoms with Crippen molar-refractivity contribution in [3.63, 3.8) is 0 Å². The Balaban J connectivity index is 1.91. The number of amides is 1. The highest BCUT2D eigenvalue weighted by Gasteiger charge is 2.15.